The molecule has 0 aliphatic heterocycles. The van der Waals surface area contributed by atoms with Crippen LogP contribution in [0.1, 0.15) is 11.1 Å². The highest BCUT2D eigenvalue weighted by Crippen LogP contribution is 2.32. The average molecular weight is 315 g/mol. The van der Waals surface area contributed by atoms with E-state index in [4.69, 9.17) is 11.6 Å². The fourth-order valence-electron chi connectivity index (χ4n) is 1.51. The van der Waals surface area contributed by atoms with Gasteiger partial charge in [0.2, 0.25) is 0 Å². The second-order valence-corrected chi connectivity index (χ2v) is 5.32. The van der Waals surface area contributed by atoms with E-state index < -0.39 is 11.7 Å². The Bertz CT molecular complexity index is 589. The lowest BCUT2D eigenvalue weighted by molar-refractivity contribution is -0.137. The molecular weight excluding hydrogens is 305 g/mol. The first kappa shape index (κ1) is 15.0. The Hall–Kier alpha value is -1.39. The highest BCUT2D eigenvalue weighted by Gasteiger charge is 2.29. The lowest BCUT2D eigenvalue weighted by atomic mass is 10.1. The van der Waals surface area contributed by atoms with Crippen molar-refractivity contribution in [1.82, 2.24) is 0 Å². The third-order valence-electron chi connectivity index (χ3n) is 2.53. The summed E-state index contributed by atoms with van der Waals surface area (Å²) in [7, 11) is 0. The van der Waals surface area contributed by atoms with Gasteiger partial charge in [0.1, 0.15) is 0 Å². The van der Waals surface area contributed by atoms with Gasteiger partial charge in [0, 0.05) is 4.90 Å². The molecule has 2 aromatic carbocycles. The van der Waals surface area contributed by atoms with Crippen LogP contribution in [0.15, 0.2) is 64.9 Å². The van der Waals surface area contributed by atoms with Crippen LogP contribution in [0.2, 0.25) is 0 Å². The van der Waals surface area contributed by atoms with E-state index in [-0.39, 0.29) is 0 Å². The van der Waals surface area contributed by atoms with E-state index in [1.54, 1.807) is 5.41 Å². The SMILES string of the molecule is FC(F)(F)c1ccc(/C(Cl)=C/Sc2ccccc2)cc1. The zero-order chi connectivity index (χ0) is 14.6. The highest BCUT2D eigenvalue weighted by molar-refractivity contribution is 8.02. The van der Waals surface area contributed by atoms with Gasteiger partial charge in [-0.1, -0.05) is 53.7 Å². The first-order valence-electron chi connectivity index (χ1n) is 5.72. The number of halogens is 4. The lowest BCUT2D eigenvalue weighted by Crippen LogP contribution is -2.04. The molecule has 0 heterocycles. The number of alkyl halides is 3. The van der Waals surface area contributed by atoms with Gasteiger partial charge < -0.3 is 0 Å². The molecule has 104 valence electrons. The van der Waals surface area contributed by atoms with E-state index in [1.807, 2.05) is 30.3 Å². The second-order valence-electron chi connectivity index (χ2n) is 3.97. The molecule has 5 heteroatoms. The monoisotopic (exact) mass is 314 g/mol. The summed E-state index contributed by atoms with van der Waals surface area (Å²) < 4.78 is 37.3. The summed E-state index contributed by atoms with van der Waals surface area (Å²) in [5.74, 6) is 0. The highest BCUT2D eigenvalue weighted by atomic mass is 35.5. The van der Waals surface area contributed by atoms with Gasteiger partial charge in [-0.25, -0.2) is 0 Å². The fraction of sp³-hybridized carbons (Fsp3) is 0.0667. The molecule has 0 bridgehead atoms. The Morgan fingerprint density at radius 1 is 0.950 bits per heavy atom. The van der Waals surface area contributed by atoms with E-state index in [2.05, 4.69) is 0 Å². The van der Waals surface area contributed by atoms with Gasteiger partial charge in [0.15, 0.2) is 0 Å². The minimum atomic E-state index is -4.33. The molecule has 2 aromatic rings. The molecule has 0 amide bonds. The van der Waals surface area contributed by atoms with Gasteiger partial charge in [0.25, 0.3) is 0 Å². The summed E-state index contributed by atoms with van der Waals surface area (Å²) in [4.78, 5) is 1.01. The standard InChI is InChI=1S/C15H10ClF3S/c16-14(10-20-13-4-2-1-3-5-13)11-6-8-12(9-7-11)15(17,18)19/h1-10H/b14-10-. The van der Waals surface area contributed by atoms with Crippen molar-refractivity contribution in [1.29, 1.82) is 0 Å². The third kappa shape index (κ3) is 4.05. The molecule has 0 saturated carbocycles. The molecule has 0 fully saturated rings. The molecule has 0 atom stereocenters. The molecule has 0 spiro atoms. The van der Waals surface area contributed by atoms with Crippen LogP contribution >= 0.6 is 23.4 Å². The number of benzene rings is 2. The van der Waals surface area contributed by atoms with Crippen molar-refractivity contribution in [2.45, 2.75) is 11.1 Å². The van der Waals surface area contributed by atoms with Gasteiger partial charge in [-0.15, -0.1) is 0 Å². The maximum atomic E-state index is 12.4. The van der Waals surface area contributed by atoms with Gasteiger partial charge in [-0.2, -0.15) is 13.2 Å². The lowest BCUT2D eigenvalue weighted by Gasteiger charge is -2.07. The first-order chi connectivity index (χ1) is 9.47. The maximum Gasteiger partial charge on any atom is 0.416 e. The number of hydrogen-bond acceptors (Lipinski definition) is 1. The number of hydrogen-bond donors (Lipinski definition) is 0. The third-order valence-corrected chi connectivity index (χ3v) is 3.88. The van der Waals surface area contributed by atoms with Crippen LogP contribution in [-0.4, -0.2) is 0 Å². The molecule has 0 aromatic heterocycles. The number of rotatable bonds is 3. The van der Waals surface area contributed by atoms with Crippen molar-refractivity contribution in [3.05, 3.63) is 71.1 Å². The summed E-state index contributed by atoms with van der Waals surface area (Å²) in [5.41, 5.74) is -0.121. The first-order valence-corrected chi connectivity index (χ1v) is 6.97. The van der Waals surface area contributed by atoms with Crippen LogP contribution in [0.4, 0.5) is 13.2 Å². The normalized spacial score (nSPS) is 12.5. The van der Waals surface area contributed by atoms with Crippen LogP contribution in [0, 0.1) is 0 Å². The molecule has 0 aliphatic carbocycles. The Balaban J connectivity index is 2.11. The predicted octanol–water partition coefficient (Wildman–Crippen LogP) is 6.03. The smallest absolute Gasteiger partial charge is 0.166 e. The fourth-order valence-corrected chi connectivity index (χ4v) is 2.45. The van der Waals surface area contributed by atoms with E-state index in [1.165, 1.54) is 23.9 Å². The van der Waals surface area contributed by atoms with Crippen LogP contribution < -0.4 is 0 Å². The Morgan fingerprint density at radius 2 is 1.55 bits per heavy atom. The minimum Gasteiger partial charge on any atom is -0.166 e. The molecule has 0 aliphatic rings. The van der Waals surface area contributed by atoms with Crippen molar-refractivity contribution >= 4 is 28.4 Å². The van der Waals surface area contributed by atoms with Gasteiger partial charge in [-0.05, 0) is 35.2 Å². The summed E-state index contributed by atoms with van der Waals surface area (Å²) in [6.07, 6.45) is -4.33. The van der Waals surface area contributed by atoms with E-state index in [0.717, 1.165) is 17.0 Å². The van der Waals surface area contributed by atoms with Crippen molar-refractivity contribution in [3.8, 4) is 0 Å². The Kier molecular flexibility index (Phi) is 4.78. The average Bonchev–Trinajstić information content (AvgIpc) is 2.45. The molecule has 2 rings (SSSR count). The molecule has 0 N–H and O–H groups in total. The van der Waals surface area contributed by atoms with Gasteiger partial charge in [-0.3, -0.25) is 0 Å². The molecule has 0 nitrogen and oxygen atoms in total. The van der Waals surface area contributed by atoms with Crippen molar-refractivity contribution in [2.24, 2.45) is 0 Å². The van der Waals surface area contributed by atoms with E-state index in [9.17, 15) is 13.2 Å². The maximum absolute atomic E-state index is 12.4. The second kappa shape index (κ2) is 6.37. The van der Waals surface area contributed by atoms with Crippen LogP contribution in [0.3, 0.4) is 0 Å². The zero-order valence-electron chi connectivity index (χ0n) is 10.2. The van der Waals surface area contributed by atoms with Gasteiger partial charge >= 0.3 is 6.18 Å². The molecule has 0 radical (unpaired) electrons. The van der Waals surface area contributed by atoms with E-state index in [0.29, 0.717) is 10.6 Å². The summed E-state index contributed by atoms with van der Waals surface area (Å²) >= 11 is 7.50. The van der Waals surface area contributed by atoms with Crippen molar-refractivity contribution in [3.63, 3.8) is 0 Å². The Labute approximate surface area is 124 Å². The van der Waals surface area contributed by atoms with Gasteiger partial charge in [0.05, 0.1) is 10.6 Å². The quantitative estimate of drug-likeness (QED) is 0.623. The Morgan fingerprint density at radius 3 is 2.10 bits per heavy atom. The molecular formula is C15H10ClF3S. The largest absolute Gasteiger partial charge is 0.416 e. The van der Waals surface area contributed by atoms with Crippen LogP contribution in [-0.2, 0) is 6.18 Å². The van der Waals surface area contributed by atoms with Crippen LogP contribution in [0.25, 0.3) is 5.03 Å². The van der Waals surface area contributed by atoms with Crippen molar-refractivity contribution < 1.29 is 13.2 Å². The molecule has 20 heavy (non-hydrogen) atoms. The predicted molar refractivity (Wildman–Crippen MR) is 77.6 cm³/mol. The minimum absolute atomic E-state index is 0.410. The molecule has 0 saturated heterocycles. The number of thioether (sulfide) groups is 1. The van der Waals surface area contributed by atoms with E-state index >= 15 is 0 Å². The topological polar surface area (TPSA) is 0 Å². The summed E-state index contributed by atoms with van der Waals surface area (Å²) in [6, 6.07) is 14.4. The summed E-state index contributed by atoms with van der Waals surface area (Å²) in [6.45, 7) is 0. The zero-order valence-corrected chi connectivity index (χ0v) is 11.8. The van der Waals surface area contributed by atoms with Crippen molar-refractivity contribution in [2.75, 3.05) is 0 Å². The summed E-state index contributed by atoms with van der Waals surface area (Å²) in [5, 5.41) is 2.12. The van der Waals surface area contributed by atoms with Crippen LogP contribution in [0.5, 0.6) is 0 Å². The molecule has 0 unspecified atom stereocenters.